The number of nitrogens with zero attached hydrogens (tertiary/aromatic N) is 1. The van der Waals surface area contributed by atoms with E-state index in [0.717, 1.165) is 45.0 Å². The van der Waals surface area contributed by atoms with Crippen LogP contribution >= 0.6 is 33.6 Å². The lowest BCUT2D eigenvalue weighted by Crippen LogP contribution is -2.21. The van der Waals surface area contributed by atoms with Crippen LogP contribution in [0, 0.1) is 0 Å². The summed E-state index contributed by atoms with van der Waals surface area (Å²) in [5.74, 6) is 0.532. The average molecular weight is 727 g/mol. The number of esters is 2. The quantitative estimate of drug-likeness (QED) is 0.113. The van der Waals surface area contributed by atoms with Crippen LogP contribution in [0.1, 0.15) is 90.2 Å². The first-order chi connectivity index (χ1) is 21.1. The van der Waals surface area contributed by atoms with E-state index in [9.17, 15) is 26.4 Å². The van der Waals surface area contributed by atoms with E-state index in [-0.39, 0.29) is 35.1 Å². The standard InChI is InChI=1S/C15H23NO4S2.C11H17NO2S.C4H7ClO2S/c1-5-12(3)13-7-9-14(10-8-13)22(18,19)16(4)21-11-20-15(17)6-2;1-4-9(2)10-5-7-11(8-6-10)15(13,14)12-3;1-2-4(6)7-3-8-5/h7-10,12H,5-6,11H2,1-4H3;5-9,12H,4H2,1-3H3;2-3H2,1H3. The lowest BCUT2D eigenvalue weighted by Gasteiger charge is -2.16. The molecular formula is C30H47ClN2O8S4. The second-order valence-electron chi connectivity index (χ2n) is 9.59. The summed E-state index contributed by atoms with van der Waals surface area (Å²) in [5.41, 5.74) is 2.29. The Hall–Kier alpha value is -1.81. The number of benzene rings is 2. The van der Waals surface area contributed by atoms with Gasteiger partial charge < -0.3 is 9.47 Å². The highest BCUT2D eigenvalue weighted by atomic mass is 35.7. The third kappa shape index (κ3) is 16.0. The molecule has 0 saturated heterocycles. The van der Waals surface area contributed by atoms with Gasteiger partial charge in [0.05, 0.1) is 9.79 Å². The first kappa shape index (κ1) is 43.2. The molecular weight excluding hydrogens is 680 g/mol. The molecule has 0 radical (unpaired) electrons. The SMILES string of the molecule is CCC(=O)OCSCl.CCC(=O)OCSN(C)S(=O)(=O)c1ccc(C(C)CC)cc1.CCC(C)c1ccc(S(=O)(=O)NC)cc1. The maximum Gasteiger partial charge on any atom is 0.306 e. The van der Waals surface area contributed by atoms with Gasteiger partial charge in [0, 0.05) is 19.9 Å². The molecule has 2 unspecified atom stereocenters. The van der Waals surface area contributed by atoms with Gasteiger partial charge in [-0.1, -0.05) is 65.8 Å². The van der Waals surface area contributed by atoms with Gasteiger partial charge in [0.2, 0.25) is 10.0 Å². The second-order valence-corrected chi connectivity index (χ2v) is 15.8. The third-order valence-electron chi connectivity index (χ3n) is 6.63. The van der Waals surface area contributed by atoms with Crippen molar-refractivity contribution >= 4 is 65.6 Å². The minimum Gasteiger partial charge on any atom is -0.453 e. The summed E-state index contributed by atoms with van der Waals surface area (Å²) in [7, 11) is 2.09. The number of rotatable bonds is 15. The Morgan fingerprint density at radius 3 is 1.53 bits per heavy atom. The van der Waals surface area contributed by atoms with Crippen LogP contribution in [0.2, 0.25) is 0 Å². The summed E-state index contributed by atoms with van der Waals surface area (Å²) in [4.78, 5) is 21.9. The van der Waals surface area contributed by atoms with Crippen LogP contribution in [-0.2, 0) is 39.1 Å². The topological polar surface area (TPSA) is 136 Å². The molecule has 0 aliphatic carbocycles. The first-order valence-electron chi connectivity index (χ1n) is 14.4. The molecule has 0 aliphatic rings. The van der Waals surface area contributed by atoms with Crippen molar-refractivity contribution in [3.05, 3.63) is 59.7 Å². The predicted molar refractivity (Wildman–Crippen MR) is 185 cm³/mol. The molecule has 2 atom stereocenters. The summed E-state index contributed by atoms with van der Waals surface area (Å²) < 4.78 is 60.5. The predicted octanol–water partition coefficient (Wildman–Crippen LogP) is 7.27. The van der Waals surface area contributed by atoms with Crippen LogP contribution in [0.4, 0.5) is 0 Å². The van der Waals surface area contributed by atoms with Crippen molar-refractivity contribution in [3.8, 4) is 0 Å². The van der Waals surface area contributed by atoms with E-state index in [1.165, 1.54) is 19.7 Å². The van der Waals surface area contributed by atoms with E-state index in [4.69, 9.17) is 15.4 Å². The molecule has 10 nitrogen and oxygen atoms in total. The van der Waals surface area contributed by atoms with Gasteiger partial charge in [-0.05, 0) is 101 Å². The zero-order valence-electron chi connectivity index (χ0n) is 27.2. The molecule has 0 spiro atoms. The van der Waals surface area contributed by atoms with Gasteiger partial charge in [-0.15, -0.1) is 3.71 Å². The Bertz CT molecular complexity index is 1360. The maximum atomic E-state index is 12.4. The summed E-state index contributed by atoms with van der Waals surface area (Å²) >= 11 is 0.939. The normalized spacial score (nSPS) is 12.6. The molecule has 1 N–H and O–H groups in total. The van der Waals surface area contributed by atoms with Crippen molar-refractivity contribution < 1.29 is 35.9 Å². The van der Waals surface area contributed by atoms with Gasteiger partial charge >= 0.3 is 11.9 Å². The molecule has 0 aromatic heterocycles. The van der Waals surface area contributed by atoms with Gasteiger partial charge in [-0.2, -0.15) is 0 Å². The molecule has 0 heterocycles. The van der Waals surface area contributed by atoms with Gasteiger partial charge in [-0.3, -0.25) is 9.59 Å². The highest BCUT2D eigenvalue weighted by Crippen LogP contribution is 2.25. The molecule has 0 bridgehead atoms. The van der Waals surface area contributed by atoms with Crippen LogP contribution < -0.4 is 4.72 Å². The zero-order chi connectivity index (χ0) is 34.6. The highest BCUT2D eigenvalue weighted by molar-refractivity contribution is 8.21. The van der Waals surface area contributed by atoms with Gasteiger partial charge in [-0.25, -0.2) is 21.6 Å². The van der Waals surface area contributed by atoms with E-state index in [2.05, 4.69) is 37.2 Å². The number of carbonyl (C=O) groups excluding carboxylic acids is 2. The number of halogens is 1. The number of hydrogen-bond donors (Lipinski definition) is 1. The Balaban J connectivity index is 0.000000724. The fourth-order valence-electron chi connectivity index (χ4n) is 3.21. The third-order valence-corrected chi connectivity index (χ3v) is 11.6. The van der Waals surface area contributed by atoms with E-state index >= 15 is 0 Å². The Labute approximate surface area is 283 Å². The monoisotopic (exact) mass is 726 g/mol. The molecule has 15 heteroatoms. The smallest absolute Gasteiger partial charge is 0.306 e. The molecule has 0 saturated carbocycles. The molecule has 45 heavy (non-hydrogen) atoms. The fraction of sp³-hybridized carbons (Fsp3) is 0.533. The van der Waals surface area contributed by atoms with Crippen molar-refractivity contribution in [2.24, 2.45) is 0 Å². The minimum atomic E-state index is -3.59. The average Bonchev–Trinajstić information content (AvgIpc) is 3.06. The maximum absolute atomic E-state index is 12.4. The number of hydrogen-bond acceptors (Lipinski definition) is 10. The Morgan fingerprint density at radius 2 is 1.18 bits per heavy atom. The number of ether oxygens (including phenoxy) is 2. The summed E-state index contributed by atoms with van der Waals surface area (Å²) in [6.07, 6.45) is 2.74. The van der Waals surface area contributed by atoms with E-state index in [1.807, 2.05) is 24.3 Å². The van der Waals surface area contributed by atoms with Crippen molar-refractivity contribution in [1.82, 2.24) is 8.43 Å². The molecule has 2 rings (SSSR count). The van der Waals surface area contributed by atoms with Crippen LogP contribution in [0.5, 0.6) is 0 Å². The number of sulfonamides is 2. The van der Waals surface area contributed by atoms with Gasteiger partial charge in [0.1, 0.15) is 0 Å². The molecule has 256 valence electrons. The Kier molecular flexibility index (Phi) is 21.8. The Morgan fingerprint density at radius 1 is 0.778 bits per heavy atom. The molecule has 0 fully saturated rings. The fourth-order valence-corrected chi connectivity index (χ4v) is 6.30. The lowest BCUT2D eigenvalue weighted by molar-refractivity contribution is -0.141. The highest BCUT2D eigenvalue weighted by Gasteiger charge is 2.22. The molecule has 2 aromatic rings. The molecule has 0 aliphatic heterocycles. The van der Waals surface area contributed by atoms with Crippen LogP contribution in [0.25, 0.3) is 0 Å². The number of nitrogens with one attached hydrogen (secondary N) is 1. The molecule has 2 aromatic carbocycles. The van der Waals surface area contributed by atoms with Crippen LogP contribution in [-0.4, -0.2) is 58.5 Å². The summed E-state index contributed by atoms with van der Waals surface area (Å²) in [5, 5.41) is 0. The van der Waals surface area contributed by atoms with E-state index in [1.54, 1.807) is 38.1 Å². The summed E-state index contributed by atoms with van der Waals surface area (Å²) in [6, 6.07) is 14.0. The summed E-state index contributed by atoms with van der Waals surface area (Å²) in [6.45, 7) is 11.9. The van der Waals surface area contributed by atoms with E-state index < -0.39 is 20.0 Å². The van der Waals surface area contributed by atoms with Crippen molar-refractivity contribution in [2.75, 3.05) is 26.0 Å². The van der Waals surface area contributed by atoms with Crippen LogP contribution in [0.15, 0.2) is 58.3 Å². The van der Waals surface area contributed by atoms with Crippen molar-refractivity contribution in [3.63, 3.8) is 0 Å². The van der Waals surface area contributed by atoms with Gasteiger partial charge in [0.25, 0.3) is 10.0 Å². The molecule has 0 amide bonds. The first-order valence-corrected chi connectivity index (χ1v) is 20.1. The largest absolute Gasteiger partial charge is 0.453 e. The van der Waals surface area contributed by atoms with E-state index in [0.29, 0.717) is 23.2 Å². The van der Waals surface area contributed by atoms with Crippen molar-refractivity contribution in [1.29, 1.82) is 0 Å². The number of carbonyl (C=O) groups is 2. The van der Waals surface area contributed by atoms with Crippen molar-refractivity contribution in [2.45, 2.75) is 88.9 Å². The zero-order valence-corrected chi connectivity index (χ0v) is 31.3. The van der Waals surface area contributed by atoms with Gasteiger partial charge in [0.15, 0.2) is 11.9 Å². The minimum absolute atomic E-state index is 0.0205. The lowest BCUT2D eigenvalue weighted by atomic mass is 9.99. The van der Waals surface area contributed by atoms with Crippen LogP contribution in [0.3, 0.4) is 0 Å². The second kappa shape index (κ2) is 22.7.